The van der Waals surface area contributed by atoms with Crippen LogP contribution in [0.15, 0.2) is 0 Å². The van der Waals surface area contributed by atoms with Crippen molar-refractivity contribution in [2.24, 2.45) is 5.41 Å². The van der Waals surface area contributed by atoms with Gasteiger partial charge in [0.1, 0.15) is 16.8 Å². The minimum atomic E-state index is 0.153. The summed E-state index contributed by atoms with van der Waals surface area (Å²) in [6.45, 7) is 2.61. The normalized spacial score (nSPS) is 16.4. The number of hydrogen-bond acceptors (Lipinski definition) is 5. The predicted molar refractivity (Wildman–Crippen MR) is 69.0 cm³/mol. The highest BCUT2D eigenvalue weighted by Gasteiger charge is 2.41. The molecule has 0 radical (unpaired) electrons. The van der Waals surface area contributed by atoms with Crippen LogP contribution in [0.2, 0.25) is 5.15 Å². The van der Waals surface area contributed by atoms with Crippen LogP contribution in [0.25, 0.3) is 0 Å². The summed E-state index contributed by atoms with van der Waals surface area (Å²) in [4.78, 5) is 19.1. The van der Waals surface area contributed by atoms with Crippen molar-refractivity contribution in [3.8, 4) is 0 Å². The summed E-state index contributed by atoms with van der Waals surface area (Å²) in [6.07, 6.45) is 3.62. The Labute approximate surface area is 111 Å². The summed E-state index contributed by atoms with van der Waals surface area (Å²) < 4.78 is 0. The maximum atomic E-state index is 11.0. The second-order valence-electron chi connectivity index (χ2n) is 4.77. The van der Waals surface area contributed by atoms with Crippen LogP contribution < -0.4 is 5.32 Å². The van der Waals surface area contributed by atoms with Crippen molar-refractivity contribution < 1.29 is 9.90 Å². The first kappa shape index (κ1) is 13.2. The van der Waals surface area contributed by atoms with Crippen LogP contribution in [0.1, 0.15) is 35.4 Å². The third-order valence-electron chi connectivity index (χ3n) is 3.36. The number of carbonyl (C=O) groups excluding carboxylic acids is 1. The van der Waals surface area contributed by atoms with Gasteiger partial charge in [-0.1, -0.05) is 11.6 Å². The number of aliphatic hydroxyl groups excluding tert-OH is 1. The maximum absolute atomic E-state index is 11.0. The van der Waals surface area contributed by atoms with Crippen LogP contribution in [0.3, 0.4) is 0 Å². The van der Waals surface area contributed by atoms with E-state index in [0.717, 1.165) is 19.3 Å². The molecule has 1 aromatic heterocycles. The first-order valence-corrected chi connectivity index (χ1v) is 6.32. The molecule has 5 nitrogen and oxygen atoms in total. The number of hydrogen-bond donors (Lipinski definition) is 2. The van der Waals surface area contributed by atoms with Gasteiger partial charge in [-0.3, -0.25) is 4.79 Å². The molecular weight excluding hydrogens is 254 g/mol. The Morgan fingerprint density at radius 2 is 2.22 bits per heavy atom. The first-order valence-electron chi connectivity index (χ1n) is 5.94. The number of nitrogens with one attached hydrogen (secondary N) is 1. The molecule has 2 N–H and O–H groups in total. The lowest BCUT2D eigenvalue weighted by atomic mass is 10.0. The van der Waals surface area contributed by atoms with Crippen LogP contribution >= 0.6 is 11.6 Å². The molecule has 1 aromatic rings. The number of halogens is 1. The van der Waals surface area contributed by atoms with Gasteiger partial charge < -0.3 is 10.4 Å². The van der Waals surface area contributed by atoms with Crippen molar-refractivity contribution in [2.45, 2.75) is 26.2 Å². The summed E-state index contributed by atoms with van der Waals surface area (Å²) >= 11 is 5.90. The highest BCUT2D eigenvalue weighted by atomic mass is 35.5. The third kappa shape index (κ3) is 2.79. The number of rotatable bonds is 6. The van der Waals surface area contributed by atoms with E-state index < -0.39 is 0 Å². The quantitative estimate of drug-likeness (QED) is 0.609. The second-order valence-corrected chi connectivity index (χ2v) is 5.13. The van der Waals surface area contributed by atoms with E-state index in [1.165, 1.54) is 0 Å². The summed E-state index contributed by atoms with van der Waals surface area (Å²) in [5.41, 5.74) is 0.447. The van der Waals surface area contributed by atoms with Crippen molar-refractivity contribution in [3.63, 3.8) is 0 Å². The molecule has 1 saturated carbocycles. The third-order valence-corrected chi connectivity index (χ3v) is 3.65. The Balaban J connectivity index is 2.11. The zero-order valence-electron chi connectivity index (χ0n) is 10.2. The molecule has 0 aliphatic heterocycles. The number of aliphatic hydroxyl groups is 1. The van der Waals surface area contributed by atoms with Crippen LogP contribution in [0.5, 0.6) is 0 Å². The topological polar surface area (TPSA) is 75.1 Å². The van der Waals surface area contributed by atoms with Crippen molar-refractivity contribution in [2.75, 3.05) is 18.5 Å². The highest BCUT2D eigenvalue weighted by Crippen LogP contribution is 2.48. The molecule has 18 heavy (non-hydrogen) atoms. The average Bonchev–Trinajstić information content (AvgIpc) is 3.07. The monoisotopic (exact) mass is 269 g/mol. The Morgan fingerprint density at radius 3 is 2.78 bits per heavy atom. The van der Waals surface area contributed by atoms with Gasteiger partial charge in [0, 0.05) is 13.2 Å². The number of aromatic nitrogens is 2. The van der Waals surface area contributed by atoms with Crippen molar-refractivity contribution in [1.29, 1.82) is 0 Å². The lowest BCUT2D eigenvalue weighted by molar-refractivity contribution is 0.112. The minimum Gasteiger partial charge on any atom is -0.396 e. The number of carbonyl (C=O) groups is 1. The number of aldehydes is 1. The van der Waals surface area contributed by atoms with Crippen LogP contribution in [0, 0.1) is 12.3 Å². The Kier molecular flexibility index (Phi) is 3.82. The summed E-state index contributed by atoms with van der Waals surface area (Å²) in [5, 5.41) is 12.3. The second kappa shape index (κ2) is 5.20. The SMILES string of the molecule is Cc1nc(Cl)c(C=O)c(NCC2(CCO)CC2)n1. The number of nitrogens with zero attached hydrogens (tertiary/aromatic N) is 2. The molecule has 0 saturated heterocycles. The molecule has 1 aliphatic rings. The van der Waals surface area contributed by atoms with E-state index >= 15 is 0 Å². The van der Waals surface area contributed by atoms with E-state index in [4.69, 9.17) is 16.7 Å². The number of anilines is 1. The molecule has 6 heteroatoms. The van der Waals surface area contributed by atoms with E-state index in [0.29, 0.717) is 30.0 Å². The van der Waals surface area contributed by atoms with E-state index in [-0.39, 0.29) is 17.2 Å². The zero-order chi connectivity index (χ0) is 13.2. The van der Waals surface area contributed by atoms with Gasteiger partial charge in [-0.25, -0.2) is 9.97 Å². The van der Waals surface area contributed by atoms with Crippen LogP contribution in [-0.2, 0) is 0 Å². The Bertz CT molecular complexity index is 461. The number of aryl methyl sites for hydroxylation is 1. The van der Waals surface area contributed by atoms with Crippen LogP contribution in [0.4, 0.5) is 5.82 Å². The molecule has 0 spiro atoms. The molecule has 0 atom stereocenters. The minimum absolute atomic E-state index is 0.153. The van der Waals surface area contributed by atoms with E-state index in [1.807, 2.05) is 0 Å². The molecule has 0 bridgehead atoms. The van der Waals surface area contributed by atoms with Crippen molar-refractivity contribution in [3.05, 3.63) is 16.5 Å². The molecule has 1 fully saturated rings. The fourth-order valence-corrected chi connectivity index (χ4v) is 2.24. The molecule has 1 heterocycles. The maximum Gasteiger partial charge on any atom is 0.156 e. The average molecular weight is 270 g/mol. The smallest absolute Gasteiger partial charge is 0.156 e. The van der Waals surface area contributed by atoms with Crippen LogP contribution in [-0.4, -0.2) is 34.5 Å². The summed E-state index contributed by atoms with van der Waals surface area (Å²) in [5.74, 6) is 1.01. The van der Waals surface area contributed by atoms with Gasteiger partial charge in [-0.05, 0) is 31.6 Å². The van der Waals surface area contributed by atoms with E-state index in [9.17, 15) is 4.79 Å². The molecule has 0 aromatic carbocycles. The van der Waals surface area contributed by atoms with Gasteiger partial charge in [-0.15, -0.1) is 0 Å². The van der Waals surface area contributed by atoms with Gasteiger partial charge in [0.25, 0.3) is 0 Å². The Hall–Kier alpha value is -1.20. The summed E-state index contributed by atoms with van der Waals surface area (Å²) in [7, 11) is 0. The van der Waals surface area contributed by atoms with Gasteiger partial charge in [-0.2, -0.15) is 0 Å². The molecule has 0 unspecified atom stereocenters. The summed E-state index contributed by atoms with van der Waals surface area (Å²) in [6, 6.07) is 0. The highest BCUT2D eigenvalue weighted by molar-refractivity contribution is 6.32. The van der Waals surface area contributed by atoms with Gasteiger partial charge in [0.15, 0.2) is 6.29 Å². The zero-order valence-corrected chi connectivity index (χ0v) is 11.0. The van der Waals surface area contributed by atoms with Gasteiger partial charge in [0.2, 0.25) is 0 Å². The van der Waals surface area contributed by atoms with Gasteiger partial charge in [0.05, 0.1) is 5.56 Å². The standard InChI is InChI=1S/C12H16ClN3O2/c1-8-15-10(13)9(6-18)11(16-8)14-7-12(2-3-12)4-5-17/h6,17H,2-5,7H2,1H3,(H,14,15,16). The molecule has 1 aliphatic carbocycles. The Morgan fingerprint density at radius 1 is 1.50 bits per heavy atom. The first-order chi connectivity index (χ1) is 8.60. The van der Waals surface area contributed by atoms with E-state index in [2.05, 4.69) is 15.3 Å². The van der Waals surface area contributed by atoms with E-state index in [1.54, 1.807) is 6.92 Å². The molecule has 0 amide bonds. The lowest BCUT2D eigenvalue weighted by Crippen LogP contribution is -2.19. The molecular formula is C12H16ClN3O2. The van der Waals surface area contributed by atoms with Crippen molar-refractivity contribution >= 4 is 23.7 Å². The molecule has 98 valence electrons. The lowest BCUT2D eigenvalue weighted by Gasteiger charge is -2.16. The fourth-order valence-electron chi connectivity index (χ4n) is 1.99. The molecule has 2 rings (SSSR count). The largest absolute Gasteiger partial charge is 0.396 e. The predicted octanol–water partition coefficient (Wildman–Crippen LogP) is 1.83. The van der Waals surface area contributed by atoms with Gasteiger partial charge >= 0.3 is 0 Å². The van der Waals surface area contributed by atoms with Crippen molar-refractivity contribution in [1.82, 2.24) is 9.97 Å². The fraction of sp³-hybridized carbons (Fsp3) is 0.583.